The highest BCUT2D eigenvalue weighted by Gasteiger charge is 2.57. The Balaban J connectivity index is 1.41. The molecule has 4 heterocycles. The molecule has 11 nitrogen and oxygen atoms in total. The summed E-state index contributed by atoms with van der Waals surface area (Å²) in [6, 6.07) is 13.4. The Morgan fingerprint density at radius 2 is 1.72 bits per heavy atom. The lowest BCUT2D eigenvalue weighted by atomic mass is 9.82. The Kier molecular flexibility index (Phi) is 8.12. The number of aromatic nitrogens is 1. The molecular weight excluding hydrogens is 594 g/mol. The van der Waals surface area contributed by atoms with Gasteiger partial charge in [-0.3, -0.25) is 23.7 Å². The average Bonchev–Trinajstić information content (AvgIpc) is 3.47. The molecule has 224 valence electrons. The quantitative estimate of drug-likeness (QED) is 0.289. The third-order valence-electron chi connectivity index (χ3n) is 7.82. The summed E-state index contributed by atoms with van der Waals surface area (Å²) in [6.07, 6.45) is 0. The number of fused-ring (bicyclic) bond motifs is 2. The summed E-state index contributed by atoms with van der Waals surface area (Å²) in [5.41, 5.74) is 1.31. The Hall–Kier alpha value is -3.94. The van der Waals surface area contributed by atoms with Crippen molar-refractivity contribution in [2.24, 2.45) is 5.92 Å². The van der Waals surface area contributed by atoms with Gasteiger partial charge in [0.2, 0.25) is 17.7 Å². The van der Waals surface area contributed by atoms with E-state index in [0.29, 0.717) is 58.8 Å². The first-order chi connectivity index (χ1) is 20.8. The Labute approximate surface area is 255 Å². The Bertz CT molecular complexity index is 1640. The standard InChI is InChI=1S/C30H29N3O8S2/c1-3-41-29(37)17-8-10-18(11-9-17)33-26(35)23-22(19-6-4-5-7-20(19)39-2)25-28(42-24(23)27(33)36)32(30(38)43-25)16-21(34)31-12-14-40-15-13-31/h4-11,22-24H,3,12-16H2,1-2H3. The van der Waals surface area contributed by atoms with Crippen LogP contribution in [0, 0.1) is 5.92 Å². The Morgan fingerprint density at radius 3 is 2.42 bits per heavy atom. The number of methoxy groups -OCH3 is 1. The summed E-state index contributed by atoms with van der Waals surface area (Å²) in [5, 5.41) is -0.340. The van der Waals surface area contributed by atoms with Gasteiger partial charge in [0, 0.05) is 29.4 Å². The zero-order chi connectivity index (χ0) is 30.2. The Morgan fingerprint density at radius 1 is 1.00 bits per heavy atom. The third kappa shape index (κ3) is 5.15. The van der Waals surface area contributed by atoms with Crippen LogP contribution in [0.25, 0.3) is 0 Å². The van der Waals surface area contributed by atoms with Crippen molar-refractivity contribution in [3.8, 4) is 5.75 Å². The van der Waals surface area contributed by atoms with Gasteiger partial charge in [-0.1, -0.05) is 41.3 Å². The summed E-state index contributed by atoms with van der Waals surface area (Å²) < 4.78 is 17.5. The number of nitrogens with zero attached hydrogens (tertiary/aromatic N) is 3. The van der Waals surface area contributed by atoms with Gasteiger partial charge in [-0.2, -0.15) is 0 Å². The maximum Gasteiger partial charge on any atom is 0.338 e. The molecule has 0 aliphatic carbocycles. The van der Waals surface area contributed by atoms with E-state index in [1.165, 1.54) is 23.8 Å². The molecule has 3 aliphatic rings. The van der Waals surface area contributed by atoms with Crippen LogP contribution in [0.3, 0.4) is 0 Å². The fourth-order valence-corrected chi connectivity index (χ4v) is 8.54. The monoisotopic (exact) mass is 623 g/mol. The van der Waals surface area contributed by atoms with Gasteiger partial charge in [-0.25, -0.2) is 9.69 Å². The molecule has 0 N–H and O–H groups in total. The largest absolute Gasteiger partial charge is 0.496 e. The van der Waals surface area contributed by atoms with Crippen molar-refractivity contribution in [2.45, 2.75) is 29.7 Å². The number of rotatable bonds is 7. The number of esters is 1. The van der Waals surface area contributed by atoms with E-state index in [2.05, 4.69) is 0 Å². The second-order valence-electron chi connectivity index (χ2n) is 10.2. The number of thioether (sulfide) groups is 1. The van der Waals surface area contributed by atoms with Crippen LogP contribution in [0.1, 0.15) is 33.6 Å². The SMILES string of the molecule is CCOC(=O)c1ccc(N2C(=O)C3Sc4c(sc(=O)n4CC(=O)N4CCOCC4)C(c4ccccc4OC)C3C2=O)cc1. The van der Waals surface area contributed by atoms with Gasteiger partial charge < -0.3 is 19.1 Å². The molecule has 0 radical (unpaired) electrons. The van der Waals surface area contributed by atoms with E-state index in [0.717, 1.165) is 28.0 Å². The van der Waals surface area contributed by atoms with Crippen molar-refractivity contribution in [3.63, 3.8) is 0 Å². The molecule has 3 aliphatic heterocycles. The predicted octanol–water partition coefficient (Wildman–Crippen LogP) is 2.75. The summed E-state index contributed by atoms with van der Waals surface area (Å²) in [7, 11) is 1.53. The second-order valence-corrected chi connectivity index (χ2v) is 12.3. The van der Waals surface area contributed by atoms with Crippen molar-refractivity contribution >= 4 is 52.5 Å². The van der Waals surface area contributed by atoms with E-state index in [-0.39, 0.29) is 23.9 Å². The molecule has 0 bridgehead atoms. The molecular formula is C30H29N3O8S2. The zero-order valence-corrected chi connectivity index (χ0v) is 25.2. The molecule has 3 unspecified atom stereocenters. The summed E-state index contributed by atoms with van der Waals surface area (Å²) in [4.78, 5) is 70.0. The molecule has 1 aromatic heterocycles. The number of thiazole rings is 1. The number of carbonyl (C=O) groups excluding carboxylic acids is 4. The number of anilines is 1. The molecule has 2 saturated heterocycles. The first kappa shape index (κ1) is 29.1. The highest BCUT2D eigenvalue weighted by molar-refractivity contribution is 8.00. The lowest BCUT2D eigenvalue weighted by Gasteiger charge is -2.32. The molecule has 13 heteroatoms. The maximum atomic E-state index is 14.1. The third-order valence-corrected chi connectivity index (χ3v) is 10.4. The van der Waals surface area contributed by atoms with E-state index >= 15 is 0 Å². The van der Waals surface area contributed by atoms with Crippen LogP contribution in [0.4, 0.5) is 5.69 Å². The van der Waals surface area contributed by atoms with Crippen LogP contribution in [-0.2, 0) is 30.4 Å². The van der Waals surface area contributed by atoms with Gasteiger partial charge in [0.05, 0.1) is 49.1 Å². The van der Waals surface area contributed by atoms with Gasteiger partial charge in [-0.15, -0.1) is 0 Å². The molecule has 3 atom stereocenters. The zero-order valence-electron chi connectivity index (χ0n) is 23.5. The van der Waals surface area contributed by atoms with E-state index in [1.807, 2.05) is 18.2 Å². The minimum atomic E-state index is -0.849. The molecule has 2 aromatic carbocycles. The van der Waals surface area contributed by atoms with Crippen LogP contribution < -0.4 is 14.5 Å². The number of imide groups is 1. The molecule has 0 spiro atoms. The number of amides is 3. The van der Waals surface area contributed by atoms with Crippen LogP contribution in [-0.4, -0.2) is 78.4 Å². The highest BCUT2D eigenvalue weighted by atomic mass is 32.2. The molecule has 3 amide bonds. The van der Waals surface area contributed by atoms with Crippen molar-refractivity contribution in [1.82, 2.24) is 9.47 Å². The maximum absolute atomic E-state index is 14.1. The minimum Gasteiger partial charge on any atom is -0.496 e. The average molecular weight is 624 g/mol. The van der Waals surface area contributed by atoms with Gasteiger partial charge in [-0.05, 0) is 37.3 Å². The lowest BCUT2D eigenvalue weighted by Crippen LogP contribution is -2.43. The van der Waals surface area contributed by atoms with Crippen LogP contribution in [0.5, 0.6) is 5.75 Å². The molecule has 3 aromatic rings. The van der Waals surface area contributed by atoms with Gasteiger partial charge in [0.25, 0.3) is 0 Å². The van der Waals surface area contributed by atoms with Gasteiger partial charge >= 0.3 is 10.8 Å². The van der Waals surface area contributed by atoms with Gasteiger partial charge in [0.15, 0.2) is 0 Å². The topological polar surface area (TPSA) is 124 Å². The summed E-state index contributed by atoms with van der Waals surface area (Å²) >= 11 is 2.14. The number of para-hydroxylation sites is 1. The fraction of sp³-hybridized carbons (Fsp3) is 0.367. The lowest BCUT2D eigenvalue weighted by molar-refractivity contribution is -0.136. The molecule has 43 heavy (non-hydrogen) atoms. The molecule has 0 saturated carbocycles. The first-order valence-electron chi connectivity index (χ1n) is 13.9. The van der Waals surface area contributed by atoms with Crippen LogP contribution in [0.2, 0.25) is 0 Å². The summed E-state index contributed by atoms with van der Waals surface area (Å²) in [5.74, 6) is -2.51. The van der Waals surface area contributed by atoms with Crippen molar-refractivity contribution in [2.75, 3.05) is 44.9 Å². The van der Waals surface area contributed by atoms with Gasteiger partial charge in [0.1, 0.15) is 17.5 Å². The summed E-state index contributed by atoms with van der Waals surface area (Å²) in [6.45, 7) is 3.52. The van der Waals surface area contributed by atoms with Crippen molar-refractivity contribution in [3.05, 3.63) is 74.2 Å². The van der Waals surface area contributed by atoms with Crippen molar-refractivity contribution in [1.29, 1.82) is 0 Å². The number of benzene rings is 2. The van der Waals surface area contributed by atoms with E-state index < -0.39 is 34.9 Å². The minimum absolute atomic E-state index is 0.172. The smallest absolute Gasteiger partial charge is 0.338 e. The van der Waals surface area contributed by atoms with Crippen LogP contribution in [0.15, 0.2) is 58.4 Å². The molecule has 2 fully saturated rings. The second kappa shape index (κ2) is 12.0. The predicted molar refractivity (Wildman–Crippen MR) is 159 cm³/mol. The van der Waals surface area contributed by atoms with Crippen molar-refractivity contribution < 1.29 is 33.4 Å². The number of hydrogen-bond acceptors (Lipinski definition) is 10. The van der Waals surface area contributed by atoms with E-state index in [4.69, 9.17) is 14.2 Å². The normalized spacial score (nSPS) is 21.4. The number of morpholine rings is 1. The van der Waals surface area contributed by atoms with E-state index in [9.17, 15) is 24.0 Å². The highest BCUT2D eigenvalue weighted by Crippen LogP contribution is 2.55. The first-order valence-corrected chi connectivity index (χ1v) is 15.6. The van der Waals surface area contributed by atoms with Crippen LogP contribution >= 0.6 is 23.1 Å². The molecule has 6 rings (SSSR count). The number of carbonyl (C=O) groups is 4. The number of ether oxygens (including phenoxy) is 3. The fourth-order valence-electron chi connectivity index (χ4n) is 5.78. The number of hydrogen-bond donors (Lipinski definition) is 0. The van der Waals surface area contributed by atoms with E-state index in [1.54, 1.807) is 30.0 Å².